The lowest BCUT2D eigenvalue weighted by Crippen LogP contribution is -2.29. The largest absolute Gasteiger partial charge is 0.507 e. The number of carbonyl (C=O) groups is 2. The van der Waals surface area contributed by atoms with Gasteiger partial charge in [-0.15, -0.1) is 0 Å². The number of amides is 1. The Morgan fingerprint density at radius 1 is 1.00 bits per heavy atom. The van der Waals surface area contributed by atoms with Gasteiger partial charge in [-0.05, 0) is 61.0 Å². The topological polar surface area (TPSA) is 76.1 Å². The Morgan fingerprint density at radius 3 is 2.33 bits per heavy atom. The Labute approximate surface area is 196 Å². The van der Waals surface area contributed by atoms with Crippen LogP contribution in [0, 0.1) is 0 Å². The third kappa shape index (κ3) is 4.30. The molecule has 168 valence electrons. The highest BCUT2D eigenvalue weighted by atomic mass is 35.5. The van der Waals surface area contributed by atoms with Crippen LogP contribution in [0.3, 0.4) is 0 Å². The van der Waals surface area contributed by atoms with Crippen LogP contribution in [0.4, 0.5) is 5.69 Å². The van der Waals surface area contributed by atoms with E-state index < -0.39 is 17.7 Å². The summed E-state index contributed by atoms with van der Waals surface area (Å²) in [5.41, 5.74) is 1.50. The lowest BCUT2D eigenvalue weighted by molar-refractivity contribution is -0.132. The molecule has 33 heavy (non-hydrogen) atoms. The zero-order chi connectivity index (χ0) is 23.5. The van der Waals surface area contributed by atoms with E-state index in [1.807, 2.05) is 6.92 Å². The standard InChI is InChI=1S/C26H22ClNO5/c1-3-33-20-13-11-19(12-14-20)28-23(16-7-9-18(27)10-8-16)22(25(30)26(28)31)24(29)17-5-4-6-21(15-17)32-2/h4-15,23,29H,3H2,1-2H3/b24-22-. The number of aliphatic hydroxyl groups excluding tert-OH is 1. The van der Waals surface area contributed by atoms with Gasteiger partial charge in [0.05, 0.1) is 25.3 Å². The summed E-state index contributed by atoms with van der Waals surface area (Å²) in [5.74, 6) is -0.617. The second-order valence-electron chi connectivity index (χ2n) is 7.38. The maximum absolute atomic E-state index is 13.2. The summed E-state index contributed by atoms with van der Waals surface area (Å²) in [7, 11) is 1.51. The van der Waals surface area contributed by atoms with E-state index in [-0.39, 0.29) is 11.3 Å². The van der Waals surface area contributed by atoms with Gasteiger partial charge in [0.15, 0.2) is 0 Å². The first-order valence-corrected chi connectivity index (χ1v) is 10.8. The number of aliphatic hydroxyl groups is 1. The van der Waals surface area contributed by atoms with E-state index in [0.717, 1.165) is 0 Å². The van der Waals surface area contributed by atoms with Crippen LogP contribution in [0.1, 0.15) is 24.1 Å². The molecule has 1 N–H and O–H groups in total. The molecule has 0 bridgehead atoms. The van der Waals surface area contributed by atoms with Crippen molar-refractivity contribution in [1.29, 1.82) is 0 Å². The highest BCUT2D eigenvalue weighted by Crippen LogP contribution is 2.42. The molecule has 1 aliphatic rings. The van der Waals surface area contributed by atoms with Crippen LogP contribution in [0.15, 0.2) is 78.4 Å². The fraction of sp³-hybridized carbons (Fsp3) is 0.154. The van der Waals surface area contributed by atoms with Crippen molar-refractivity contribution >= 4 is 34.7 Å². The number of Topliss-reactive ketones (excluding diaryl/α,β-unsaturated/α-hetero) is 1. The number of ketones is 1. The number of ether oxygens (including phenoxy) is 2. The molecule has 0 spiro atoms. The van der Waals surface area contributed by atoms with Gasteiger partial charge in [0.2, 0.25) is 0 Å². The Bertz CT molecular complexity index is 1220. The number of halogens is 1. The van der Waals surface area contributed by atoms with E-state index in [0.29, 0.717) is 39.9 Å². The molecule has 1 aliphatic heterocycles. The molecule has 1 unspecified atom stereocenters. The summed E-state index contributed by atoms with van der Waals surface area (Å²) in [5, 5.41) is 11.7. The van der Waals surface area contributed by atoms with Crippen molar-refractivity contribution in [1.82, 2.24) is 0 Å². The fourth-order valence-corrected chi connectivity index (χ4v) is 3.98. The number of hydrogen-bond acceptors (Lipinski definition) is 5. The molecule has 0 saturated carbocycles. The first kappa shape index (κ1) is 22.4. The molecule has 6 nitrogen and oxygen atoms in total. The monoisotopic (exact) mass is 463 g/mol. The molecule has 1 saturated heterocycles. The van der Waals surface area contributed by atoms with E-state index in [4.69, 9.17) is 21.1 Å². The minimum absolute atomic E-state index is 0.00976. The van der Waals surface area contributed by atoms with E-state index >= 15 is 0 Å². The van der Waals surface area contributed by atoms with Crippen molar-refractivity contribution < 1.29 is 24.2 Å². The minimum atomic E-state index is -0.841. The van der Waals surface area contributed by atoms with Gasteiger partial charge in [-0.1, -0.05) is 35.9 Å². The van der Waals surface area contributed by atoms with Crippen molar-refractivity contribution in [2.24, 2.45) is 0 Å². The van der Waals surface area contributed by atoms with Gasteiger partial charge < -0.3 is 14.6 Å². The molecule has 3 aromatic rings. The van der Waals surface area contributed by atoms with Crippen molar-refractivity contribution in [3.05, 3.63) is 94.5 Å². The van der Waals surface area contributed by atoms with Crippen LogP contribution < -0.4 is 14.4 Å². The van der Waals surface area contributed by atoms with E-state index in [1.54, 1.807) is 72.8 Å². The first-order chi connectivity index (χ1) is 15.9. The van der Waals surface area contributed by atoms with Crippen molar-refractivity contribution in [2.75, 3.05) is 18.6 Å². The Hall–Kier alpha value is -3.77. The summed E-state index contributed by atoms with van der Waals surface area (Å²) in [6.07, 6.45) is 0. The maximum atomic E-state index is 13.2. The van der Waals surface area contributed by atoms with Crippen LogP contribution in [-0.2, 0) is 9.59 Å². The second kappa shape index (κ2) is 9.38. The van der Waals surface area contributed by atoms with Crippen molar-refractivity contribution in [2.45, 2.75) is 13.0 Å². The molecule has 1 amide bonds. The Morgan fingerprint density at radius 2 is 1.70 bits per heavy atom. The highest BCUT2D eigenvalue weighted by molar-refractivity contribution is 6.51. The number of methoxy groups -OCH3 is 1. The average Bonchev–Trinajstić information content (AvgIpc) is 3.10. The van der Waals surface area contributed by atoms with Gasteiger partial charge in [-0.2, -0.15) is 0 Å². The van der Waals surface area contributed by atoms with Gasteiger partial charge >= 0.3 is 0 Å². The summed E-state index contributed by atoms with van der Waals surface area (Å²) >= 11 is 6.07. The van der Waals surface area contributed by atoms with Gasteiger partial charge in [0, 0.05) is 16.3 Å². The fourth-order valence-electron chi connectivity index (χ4n) is 3.85. The van der Waals surface area contributed by atoms with Gasteiger partial charge in [-0.25, -0.2) is 0 Å². The normalized spacial score (nSPS) is 17.3. The molecule has 0 aromatic heterocycles. The lowest BCUT2D eigenvalue weighted by atomic mass is 9.95. The quantitative estimate of drug-likeness (QED) is 0.302. The lowest BCUT2D eigenvalue weighted by Gasteiger charge is -2.25. The molecular weight excluding hydrogens is 442 g/mol. The highest BCUT2D eigenvalue weighted by Gasteiger charge is 2.47. The predicted octanol–water partition coefficient (Wildman–Crippen LogP) is 5.37. The Balaban J connectivity index is 1.89. The first-order valence-electron chi connectivity index (χ1n) is 10.4. The predicted molar refractivity (Wildman–Crippen MR) is 127 cm³/mol. The molecule has 1 fully saturated rings. The van der Waals surface area contributed by atoms with Crippen LogP contribution in [0.2, 0.25) is 5.02 Å². The molecular formula is C26H22ClNO5. The summed E-state index contributed by atoms with van der Waals surface area (Å²) in [6.45, 7) is 2.39. The average molecular weight is 464 g/mol. The zero-order valence-corrected chi connectivity index (χ0v) is 18.9. The molecule has 1 heterocycles. The summed E-state index contributed by atoms with van der Waals surface area (Å²) < 4.78 is 10.7. The van der Waals surface area contributed by atoms with E-state index in [1.165, 1.54) is 12.0 Å². The summed E-state index contributed by atoms with van der Waals surface area (Å²) in [4.78, 5) is 27.8. The second-order valence-corrected chi connectivity index (χ2v) is 7.82. The van der Waals surface area contributed by atoms with Gasteiger partial charge in [0.1, 0.15) is 17.3 Å². The third-order valence-electron chi connectivity index (χ3n) is 5.40. The van der Waals surface area contributed by atoms with Crippen LogP contribution >= 0.6 is 11.6 Å². The minimum Gasteiger partial charge on any atom is -0.507 e. The SMILES string of the molecule is CCOc1ccc(N2C(=O)C(=O)/C(=C(\O)c3cccc(OC)c3)C2c2ccc(Cl)cc2)cc1. The van der Waals surface area contributed by atoms with Crippen LogP contribution in [0.5, 0.6) is 11.5 Å². The van der Waals surface area contributed by atoms with Gasteiger partial charge in [-0.3, -0.25) is 14.5 Å². The smallest absolute Gasteiger partial charge is 0.300 e. The Kier molecular flexibility index (Phi) is 6.38. The number of carbonyl (C=O) groups excluding carboxylic acids is 2. The number of anilines is 1. The third-order valence-corrected chi connectivity index (χ3v) is 5.65. The van der Waals surface area contributed by atoms with Crippen molar-refractivity contribution in [3.8, 4) is 11.5 Å². The van der Waals surface area contributed by atoms with E-state index in [9.17, 15) is 14.7 Å². The molecule has 4 rings (SSSR count). The molecule has 1 atom stereocenters. The summed E-state index contributed by atoms with van der Waals surface area (Å²) in [6, 6.07) is 19.6. The molecule has 7 heteroatoms. The number of benzene rings is 3. The maximum Gasteiger partial charge on any atom is 0.300 e. The van der Waals surface area contributed by atoms with Gasteiger partial charge in [0.25, 0.3) is 11.7 Å². The number of rotatable bonds is 6. The number of hydrogen-bond donors (Lipinski definition) is 1. The zero-order valence-electron chi connectivity index (χ0n) is 18.1. The van der Waals surface area contributed by atoms with Crippen LogP contribution in [-0.4, -0.2) is 30.5 Å². The van der Waals surface area contributed by atoms with E-state index in [2.05, 4.69) is 0 Å². The molecule has 0 aliphatic carbocycles. The van der Waals surface area contributed by atoms with Crippen LogP contribution in [0.25, 0.3) is 5.76 Å². The number of nitrogens with zero attached hydrogens (tertiary/aromatic N) is 1. The molecule has 0 radical (unpaired) electrons. The molecule has 3 aromatic carbocycles. The van der Waals surface area contributed by atoms with Crippen molar-refractivity contribution in [3.63, 3.8) is 0 Å².